The van der Waals surface area contributed by atoms with E-state index in [4.69, 9.17) is 0 Å². The third-order valence-corrected chi connectivity index (χ3v) is 3.65. The van der Waals surface area contributed by atoms with Crippen molar-refractivity contribution in [3.05, 3.63) is 35.4 Å². The molecule has 1 fully saturated rings. The summed E-state index contributed by atoms with van der Waals surface area (Å²) in [5.74, 6) is 0.220. The predicted octanol–water partition coefficient (Wildman–Crippen LogP) is 2.52. The lowest BCUT2D eigenvalue weighted by Crippen LogP contribution is -2.47. The number of nitrogens with zero attached hydrogens (tertiary/aromatic N) is 1. The molecule has 106 valence electrons. The summed E-state index contributed by atoms with van der Waals surface area (Å²) in [6, 6.07) is 8.26. The van der Waals surface area contributed by atoms with Gasteiger partial charge in [0, 0.05) is 13.6 Å². The maximum absolute atomic E-state index is 12.3. The van der Waals surface area contributed by atoms with Gasteiger partial charge >= 0.3 is 0 Å². The Balaban J connectivity index is 0.00000180. The number of benzene rings is 1. The zero-order chi connectivity index (χ0) is 13.0. The van der Waals surface area contributed by atoms with E-state index in [1.165, 1.54) is 17.5 Å². The van der Waals surface area contributed by atoms with Crippen LogP contribution in [0.4, 0.5) is 0 Å². The van der Waals surface area contributed by atoms with E-state index < -0.39 is 0 Å². The maximum Gasteiger partial charge on any atom is 0.239 e. The Morgan fingerprint density at radius 1 is 1.37 bits per heavy atom. The van der Waals surface area contributed by atoms with Gasteiger partial charge in [0.05, 0.1) is 6.04 Å². The molecular weight excluding hydrogens is 260 g/mol. The molecule has 0 saturated carbocycles. The first kappa shape index (κ1) is 16.0. The van der Waals surface area contributed by atoms with Gasteiger partial charge in [-0.05, 0) is 37.4 Å². The summed E-state index contributed by atoms with van der Waals surface area (Å²) in [5, 5.41) is 3.31. The van der Waals surface area contributed by atoms with Gasteiger partial charge in [-0.15, -0.1) is 12.4 Å². The molecule has 1 unspecified atom stereocenters. The number of hydrogen-bond acceptors (Lipinski definition) is 2. The normalized spacial score (nSPS) is 18.5. The molecular formula is C15H23ClN2O. The van der Waals surface area contributed by atoms with Crippen LogP contribution in [0.2, 0.25) is 0 Å². The van der Waals surface area contributed by atoms with Crippen molar-refractivity contribution >= 4 is 18.3 Å². The monoisotopic (exact) mass is 282 g/mol. The van der Waals surface area contributed by atoms with Crippen LogP contribution >= 0.6 is 12.4 Å². The van der Waals surface area contributed by atoms with Gasteiger partial charge in [-0.25, -0.2) is 0 Å². The predicted molar refractivity (Wildman–Crippen MR) is 80.5 cm³/mol. The molecule has 0 spiro atoms. The van der Waals surface area contributed by atoms with Crippen molar-refractivity contribution in [2.24, 2.45) is 0 Å². The zero-order valence-corrected chi connectivity index (χ0v) is 12.5. The standard InChI is InChI=1S/C15H22N2O.ClH/c1-12-7-3-4-8-13(12)11-17(2)15(18)14-9-5-6-10-16-14;/h3-4,7-8,14,16H,5-6,9-11H2,1-2H3;1H. The van der Waals surface area contributed by atoms with Crippen LogP contribution in [0.3, 0.4) is 0 Å². The smallest absolute Gasteiger partial charge is 0.239 e. The molecule has 1 heterocycles. The number of carbonyl (C=O) groups excluding carboxylic acids is 1. The van der Waals surface area contributed by atoms with E-state index >= 15 is 0 Å². The SMILES string of the molecule is Cc1ccccc1CN(C)C(=O)C1CCCCN1.Cl. The molecule has 1 aromatic carbocycles. The number of rotatable bonds is 3. The topological polar surface area (TPSA) is 32.3 Å². The Hall–Kier alpha value is -1.06. The van der Waals surface area contributed by atoms with E-state index in [1.54, 1.807) is 0 Å². The number of carbonyl (C=O) groups is 1. The van der Waals surface area contributed by atoms with Gasteiger partial charge in [-0.2, -0.15) is 0 Å². The van der Waals surface area contributed by atoms with Gasteiger partial charge in [0.2, 0.25) is 5.91 Å². The average Bonchev–Trinajstić information content (AvgIpc) is 2.41. The number of halogens is 1. The number of amides is 1. The quantitative estimate of drug-likeness (QED) is 0.924. The van der Waals surface area contributed by atoms with Crippen LogP contribution in [0.1, 0.15) is 30.4 Å². The Morgan fingerprint density at radius 3 is 2.74 bits per heavy atom. The van der Waals surface area contributed by atoms with E-state index in [1.807, 2.05) is 24.1 Å². The zero-order valence-electron chi connectivity index (χ0n) is 11.7. The van der Waals surface area contributed by atoms with Crippen LogP contribution in [0.5, 0.6) is 0 Å². The van der Waals surface area contributed by atoms with Gasteiger partial charge in [0.25, 0.3) is 0 Å². The summed E-state index contributed by atoms with van der Waals surface area (Å²) in [4.78, 5) is 14.1. The third-order valence-electron chi connectivity index (χ3n) is 3.65. The van der Waals surface area contributed by atoms with Crippen LogP contribution in [0, 0.1) is 6.92 Å². The summed E-state index contributed by atoms with van der Waals surface area (Å²) in [5.41, 5.74) is 2.47. The van der Waals surface area contributed by atoms with Gasteiger partial charge < -0.3 is 10.2 Å². The molecule has 19 heavy (non-hydrogen) atoms. The lowest BCUT2D eigenvalue weighted by atomic mass is 10.0. The number of nitrogens with one attached hydrogen (secondary N) is 1. The van der Waals surface area contributed by atoms with E-state index in [-0.39, 0.29) is 24.4 Å². The second kappa shape index (κ2) is 7.51. The fourth-order valence-electron chi connectivity index (χ4n) is 2.45. The van der Waals surface area contributed by atoms with Crippen molar-refractivity contribution in [2.75, 3.05) is 13.6 Å². The van der Waals surface area contributed by atoms with Gasteiger partial charge in [-0.3, -0.25) is 4.79 Å². The van der Waals surface area contributed by atoms with Crippen molar-refractivity contribution in [1.82, 2.24) is 10.2 Å². The van der Waals surface area contributed by atoms with Crippen LogP contribution < -0.4 is 5.32 Å². The Labute approximate surface area is 121 Å². The second-order valence-corrected chi connectivity index (χ2v) is 5.12. The van der Waals surface area contributed by atoms with E-state index in [2.05, 4.69) is 24.4 Å². The molecule has 0 aliphatic carbocycles. The van der Waals surface area contributed by atoms with Crippen molar-refractivity contribution in [3.63, 3.8) is 0 Å². The third kappa shape index (κ3) is 4.22. The highest BCUT2D eigenvalue weighted by atomic mass is 35.5. The van der Waals surface area contributed by atoms with Gasteiger partial charge in [-0.1, -0.05) is 30.7 Å². The molecule has 1 N–H and O–H groups in total. The van der Waals surface area contributed by atoms with Crippen molar-refractivity contribution in [3.8, 4) is 0 Å². The molecule has 3 nitrogen and oxygen atoms in total. The highest BCUT2D eigenvalue weighted by molar-refractivity contribution is 5.85. The molecule has 1 aromatic rings. The molecule has 1 amide bonds. The van der Waals surface area contributed by atoms with E-state index in [0.29, 0.717) is 6.54 Å². The molecule has 1 atom stereocenters. The first-order valence-electron chi connectivity index (χ1n) is 6.71. The summed E-state index contributed by atoms with van der Waals surface area (Å²) in [7, 11) is 1.89. The summed E-state index contributed by atoms with van der Waals surface area (Å²) >= 11 is 0. The van der Waals surface area contributed by atoms with Crippen molar-refractivity contribution in [2.45, 2.75) is 38.8 Å². The maximum atomic E-state index is 12.3. The minimum absolute atomic E-state index is 0. The number of likely N-dealkylation sites (N-methyl/N-ethyl adjacent to an activating group) is 1. The minimum atomic E-state index is 0. The number of aryl methyl sites for hydroxylation is 1. The second-order valence-electron chi connectivity index (χ2n) is 5.12. The first-order valence-corrected chi connectivity index (χ1v) is 6.71. The molecule has 0 aromatic heterocycles. The Kier molecular flexibility index (Phi) is 6.32. The largest absolute Gasteiger partial charge is 0.340 e. The van der Waals surface area contributed by atoms with Crippen LogP contribution in [0.25, 0.3) is 0 Å². The highest BCUT2D eigenvalue weighted by Gasteiger charge is 2.23. The molecule has 0 bridgehead atoms. The van der Waals surface area contributed by atoms with Gasteiger partial charge in [0.15, 0.2) is 0 Å². The number of hydrogen-bond donors (Lipinski definition) is 1. The fourth-order valence-corrected chi connectivity index (χ4v) is 2.45. The molecule has 2 rings (SSSR count). The van der Waals surface area contributed by atoms with Crippen LogP contribution in [0.15, 0.2) is 24.3 Å². The first-order chi connectivity index (χ1) is 8.68. The lowest BCUT2D eigenvalue weighted by molar-refractivity contribution is -0.133. The molecule has 0 radical (unpaired) electrons. The molecule has 1 saturated heterocycles. The van der Waals surface area contributed by atoms with Crippen molar-refractivity contribution < 1.29 is 4.79 Å². The molecule has 1 aliphatic rings. The Morgan fingerprint density at radius 2 is 2.11 bits per heavy atom. The van der Waals surface area contributed by atoms with Crippen molar-refractivity contribution in [1.29, 1.82) is 0 Å². The minimum Gasteiger partial charge on any atom is -0.340 e. The summed E-state index contributed by atoms with van der Waals surface area (Å²) in [6.45, 7) is 3.75. The van der Waals surface area contributed by atoms with E-state index in [0.717, 1.165) is 19.4 Å². The van der Waals surface area contributed by atoms with E-state index in [9.17, 15) is 4.79 Å². The summed E-state index contributed by atoms with van der Waals surface area (Å²) in [6.07, 6.45) is 3.31. The highest BCUT2D eigenvalue weighted by Crippen LogP contribution is 2.13. The van der Waals surface area contributed by atoms with Crippen LogP contribution in [-0.2, 0) is 11.3 Å². The molecule has 4 heteroatoms. The average molecular weight is 283 g/mol. The lowest BCUT2D eigenvalue weighted by Gasteiger charge is -2.27. The number of piperidine rings is 1. The fraction of sp³-hybridized carbons (Fsp3) is 0.533. The Bertz CT molecular complexity index is 416. The van der Waals surface area contributed by atoms with Crippen LogP contribution in [-0.4, -0.2) is 30.4 Å². The summed E-state index contributed by atoms with van der Waals surface area (Å²) < 4.78 is 0. The molecule has 1 aliphatic heterocycles. The van der Waals surface area contributed by atoms with Gasteiger partial charge in [0.1, 0.15) is 0 Å².